The van der Waals surface area contributed by atoms with E-state index in [9.17, 15) is 0 Å². The lowest BCUT2D eigenvalue weighted by Crippen LogP contribution is -2.11. The normalized spacial score (nSPS) is 12.3. The summed E-state index contributed by atoms with van der Waals surface area (Å²) >= 11 is 0. The number of rotatable bonds is 6. The molecule has 0 saturated heterocycles. The molecule has 51 heavy (non-hydrogen) atoms. The highest BCUT2D eigenvalue weighted by Gasteiger charge is 2.32. The molecule has 10 rings (SSSR count). The molecule has 0 saturated carbocycles. The highest BCUT2D eigenvalue weighted by molar-refractivity contribution is 6.09. The van der Waals surface area contributed by atoms with E-state index in [1.54, 1.807) is 0 Å². The zero-order valence-electron chi connectivity index (χ0n) is 27.7. The molecule has 0 unspecified atom stereocenters. The van der Waals surface area contributed by atoms with Crippen molar-refractivity contribution in [1.29, 1.82) is 0 Å². The van der Waals surface area contributed by atoms with Gasteiger partial charge in [-0.1, -0.05) is 146 Å². The van der Waals surface area contributed by atoms with Crippen molar-refractivity contribution < 1.29 is 0 Å². The molecular formula is C46H31N5. The molecule has 1 aliphatic carbocycles. The zero-order valence-corrected chi connectivity index (χ0v) is 27.7. The van der Waals surface area contributed by atoms with Crippen LogP contribution in [0.1, 0.15) is 34.1 Å². The van der Waals surface area contributed by atoms with Crippen molar-refractivity contribution in [2.24, 2.45) is 0 Å². The van der Waals surface area contributed by atoms with Crippen molar-refractivity contribution in [3.05, 3.63) is 198 Å². The summed E-state index contributed by atoms with van der Waals surface area (Å²) < 4.78 is 2.33. The Hall–Kier alpha value is -6.72. The van der Waals surface area contributed by atoms with Crippen LogP contribution in [0.5, 0.6) is 0 Å². The minimum Gasteiger partial charge on any atom is -0.308 e. The van der Waals surface area contributed by atoms with Crippen LogP contribution >= 0.6 is 0 Å². The molecule has 3 aromatic heterocycles. The minimum absolute atomic E-state index is 0.0244. The van der Waals surface area contributed by atoms with Gasteiger partial charge in [-0.2, -0.15) is 0 Å². The quantitative estimate of drug-likeness (QED) is 0.179. The molecule has 6 aromatic carbocycles. The molecule has 1 aliphatic rings. The number of para-hydroxylation sites is 2. The average Bonchev–Trinajstić information content (AvgIpc) is 3.72. The van der Waals surface area contributed by atoms with Gasteiger partial charge in [0.15, 0.2) is 11.6 Å². The van der Waals surface area contributed by atoms with E-state index in [2.05, 4.69) is 132 Å². The van der Waals surface area contributed by atoms with Crippen molar-refractivity contribution in [3.8, 4) is 39.6 Å². The molecule has 0 fully saturated rings. The molecule has 5 nitrogen and oxygen atoms in total. The number of fused-ring (bicyclic) bond motifs is 6. The summed E-state index contributed by atoms with van der Waals surface area (Å²) in [5.41, 5.74) is 12.4. The molecule has 3 heterocycles. The van der Waals surface area contributed by atoms with Crippen LogP contribution in [0.25, 0.3) is 61.4 Å². The first kappa shape index (κ1) is 29.2. The molecule has 0 radical (unpaired) electrons. The van der Waals surface area contributed by atoms with Gasteiger partial charge in [0.05, 0.1) is 34.5 Å². The van der Waals surface area contributed by atoms with Crippen LogP contribution in [0.3, 0.4) is 0 Å². The van der Waals surface area contributed by atoms with E-state index in [0.717, 1.165) is 39.1 Å². The first-order chi connectivity index (χ1) is 25.3. The van der Waals surface area contributed by atoms with E-state index in [1.165, 1.54) is 33.0 Å². The third-order valence-electron chi connectivity index (χ3n) is 10.0. The number of hydrogen-bond acceptors (Lipinski definition) is 4. The predicted octanol–water partition coefficient (Wildman–Crippen LogP) is 10.4. The van der Waals surface area contributed by atoms with Gasteiger partial charge in [-0.05, 0) is 46.0 Å². The maximum atomic E-state index is 5.39. The molecule has 0 aliphatic heterocycles. The van der Waals surface area contributed by atoms with Gasteiger partial charge >= 0.3 is 0 Å². The van der Waals surface area contributed by atoms with Crippen molar-refractivity contribution in [3.63, 3.8) is 0 Å². The van der Waals surface area contributed by atoms with E-state index >= 15 is 0 Å². The predicted molar refractivity (Wildman–Crippen MR) is 205 cm³/mol. The Morgan fingerprint density at radius 1 is 0.490 bits per heavy atom. The summed E-state index contributed by atoms with van der Waals surface area (Å²) in [4.78, 5) is 20.6. The Bertz CT molecular complexity index is 2580. The Morgan fingerprint density at radius 2 is 0.980 bits per heavy atom. The first-order valence-corrected chi connectivity index (χ1v) is 17.3. The third-order valence-corrected chi connectivity index (χ3v) is 10.0. The molecule has 9 aromatic rings. The summed E-state index contributed by atoms with van der Waals surface area (Å²) in [6, 6.07) is 57.3. The van der Waals surface area contributed by atoms with Gasteiger partial charge in [0.1, 0.15) is 5.82 Å². The third kappa shape index (κ3) is 4.93. The smallest absolute Gasteiger partial charge is 0.163 e. The largest absolute Gasteiger partial charge is 0.308 e. The minimum atomic E-state index is -0.0244. The van der Waals surface area contributed by atoms with Crippen molar-refractivity contribution in [2.45, 2.75) is 12.3 Å². The summed E-state index contributed by atoms with van der Waals surface area (Å²) in [5.74, 6) is 1.99. The van der Waals surface area contributed by atoms with E-state index in [4.69, 9.17) is 19.9 Å². The molecule has 0 N–H and O–H groups in total. The van der Waals surface area contributed by atoms with Crippen LogP contribution in [0, 0.1) is 0 Å². The van der Waals surface area contributed by atoms with Crippen molar-refractivity contribution in [2.75, 3.05) is 0 Å². The number of aromatic nitrogens is 5. The van der Waals surface area contributed by atoms with Crippen molar-refractivity contribution in [1.82, 2.24) is 24.5 Å². The van der Waals surface area contributed by atoms with Gasteiger partial charge in [-0.3, -0.25) is 4.98 Å². The Labute approximate surface area is 295 Å². The highest BCUT2D eigenvalue weighted by atomic mass is 15.0. The van der Waals surface area contributed by atoms with Crippen LogP contribution in [0.15, 0.2) is 170 Å². The second-order valence-corrected chi connectivity index (χ2v) is 13.0. The summed E-state index contributed by atoms with van der Waals surface area (Å²) in [7, 11) is 0. The Balaban J connectivity index is 1.21. The standard InChI is InChI=1S/C46H31N5/c1-3-15-30(16-4-1)45-48-42(49-46(50-45)31-17-5-2-6-18-31)28-32-27-33(51-40-25-13-11-21-36(40)37-22-12-14-26-41(37)51)29-47-44(32)43-38-23-9-7-19-34(38)35-20-8-10-24-39(35)43/h1-27,29,43H,28H2. The van der Waals surface area contributed by atoms with E-state index in [0.29, 0.717) is 23.9 Å². The number of benzene rings is 6. The summed E-state index contributed by atoms with van der Waals surface area (Å²) in [6.45, 7) is 0. The summed E-state index contributed by atoms with van der Waals surface area (Å²) in [6.07, 6.45) is 2.52. The van der Waals surface area contributed by atoms with Gasteiger partial charge in [0.25, 0.3) is 0 Å². The second-order valence-electron chi connectivity index (χ2n) is 13.0. The molecule has 0 atom stereocenters. The van der Waals surface area contributed by atoms with Crippen LogP contribution in [-0.4, -0.2) is 24.5 Å². The Morgan fingerprint density at radius 3 is 1.55 bits per heavy atom. The lowest BCUT2D eigenvalue weighted by molar-refractivity contribution is 0.869. The van der Waals surface area contributed by atoms with Gasteiger partial charge in [-0.15, -0.1) is 0 Å². The van der Waals surface area contributed by atoms with E-state index in [1.807, 2.05) is 42.6 Å². The topological polar surface area (TPSA) is 56.5 Å². The summed E-state index contributed by atoms with van der Waals surface area (Å²) in [5, 5.41) is 2.43. The fourth-order valence-corrected chi connectivity index (χ4v) is 7.78. The molecule has 0 spiro atoms. The monoisotopic (exact) mass is 653 g/mol. The average molecular weight is 654 g/mol. The molecular weight excluding hydrogens is 623 g/mol. The van der Waals surface area contributed by atoms with Crippen LogP contribution < -0.4 is 0 Å². The maximum absolute atomic E-state index is 5.39. The van der Waals surface area contributed by atoms with Gasteiger partial charge in [0.2, 0.25) is 0 Å². The SMILES string of the molecule is c1ccc(-c2nc(Cc3cc(-n4c5ccccc5c5ccccc54)cnc3C3c4ccccc4-c4ccccc43)nc(-c3ccccc3)n2)cc1. The fraction of sp³-hybridized carbons (Fsp3) is 0.0435. The van der Waals surface area contributed by atoms with E-state index < -0.39 is 0 Å². The maximum Gasteiger partial charge on any atom is 0.163 e. The number of nitrogens with zero attached hydrogens (tertiary/aromatic N) is 5. The Kier molecular flexibility index (Phi) is 6.88. The zero-order chi connectivity index (χ0) is 33.7. The fourth-order valence-electron chi connectivity index (χ4n) is 7.78. The van der Waals surface area contributed by atoms with Gasteiger partial charge in [-0.25, -0.2) is 15.0 Å². The highest BCUT2D eigenvalue weighted by Crippen LogP contribution is 2.48. The van der Waals surface area contributed by atoms with Crippen LogP contribution in [0.2, 0.25) is 0 Å². The number of pyridine rings is 1. The van der Waals surface area contributed by atoms with Gasteiger partial charge in [0, 0.05) is 28.3 Å². The van der Waals surface area contributed by atoms with Crippen molar-refractivity contribution >= 4 is 21.8 Å². The van der Waals surface area contributed by atoms with Crippen LogP contribution in [0.4, 0.5) is 0 Å². The number of hydrogen-bond donors (Lipinski definition) is 0. The lowest BCUT2D eigenvalue weighted by Gasteiger charge is -2.19. The van der Waals surface area contributed by atoms with Gasteiger partial charge < -0.3 is 4.57 Å². The lowest BCUT2D eigenvalue weighted by atomic mass is 9.89. The second kappa shape index (κ2) is 12.0. The first-order valence-electron chi connectivity index (χ1n) is 17.3. The van der Waals surface area contributed by atoms with Crippen LogP contribution in [-0.2, 0) is 6.42 Å². The molecule has 0 bridgehead atoms. The molecule has 240 valence electrons. The molecule has 5 heteroatoms. The van der Waals surface area contributed by atoms with E-state index in [-0.39, 0.29) is 5.92 Å². The molecule has 0 amide bonds.